The highest BCUT2D eigenvalue weighted by Crippen LogP contribution is 2.35. The van der Waals surface area contributed by atoms with Crippen LogP contribution < -0.4 is 5.32 Å². The van der Waals surface area contributed by atoms with Gasteiger partial charge in [0.1, 0.15) is 0 Å². The average Bonchev–Trinajstić information content (AvgIpc) is 2.82. The number of nitrogens with one attached hydrogen (secondary N) is 1. The summed E-state index contributed by atoms with van der Waals surface area (Å²) in [5.74, 6) is -0.124. The highest BCUT2D eigenvalue weighted by molar-refractivity contribution is 14.1. The molecule has 0 aromatic heterocycles. The van der Waals surface area contributed by atoms with Gasteiger partial charge in [-0.1, -0.05) is 76.7 Å². The van der Waals surface area contributed by atoms with E-state index in [0.29, 0.717) is 0 Å². The first-order valence-corrected chi connectivity index (χ1v) is 13.1. The van der Waals surface area contributed by atoms with Crippen molar-refractivity contribution in [3.63, 3.8) is 0 Å². The van der Waals surface area contributed by atoms with Gasteiger partial charge in [0.2, 0.25) is 5.91 Å². The fourth-order valence-corrected chi connectivity index (χ4v) is 5.31. The van der Waals surface area contributed by atoms with Gasteiger partial charge in [-0.3, -0.25) is 9.69 Å². The van der Waals surface area contributed by atoms with E-state index in [-0.39, 0.29) is 9.45 Å². The average molecular weight is 565 g/mol. The van der Waals surface area contributed by atoms with Crippen molar-refractivity contribution in [3.05, 3.63) is 95.1 Å². The third-order valence-electron chi connectivity index (χ3n) is 6.58. The van der Waals surface area contributed by atoms with Gasteiger partial charge in [0.05, 0.1) is 3.55 Å². The van der Waals surface area contributed by atoms with Crippen LogP contribution in [-0.2, 0) is 11.3 Å². The lowest BCUT2D eigenvalue weighted by Crippen LogP contribution is -2.44. The van der Waals surface area contributed by atoms with E-state index in [1.54, 1.807) is 6.08 Å². The third-order valence-corrected chi connectivity index (χ3v) is 7.80. The van der Waals surface area contributed by atoms with Crippen LogP contribution in [0.4, 0.5) is 5.69 Å². The maximum absolute atomic E-state index is 12.5. The number of amides is 1. The van der Waals surface area contributed by atoms with Gasteiger partial charge >= 0.3 is 0 Å². The zero-order valence-corrected chi connectivity index (χ0v) is 22.4. The molecule has 0 bridgehead atoms. The highest BCUT2D eigenvalue weighted by Gasteiger charge is 2.31. The molecular weight excluding hydrogens is 531 g/mol. The minimum atomic E-state index is -0.124. The summed E-state index contributed by atoms with van der Waals surface area (Å²) in [5.41, 5.74) is 7.98. The first kappa shape index (κ1) is 24.7. The van der Waals surface area contributed by atoms with Crippen molar-refractivity contribution in [1.29, 1.82) is 0 Å². The van der Waals surface area contributed by atoms with Gasteiger partial charge in [0.15, 0.2) is 0 Å². The van der Waals surface area contributed by atoms with E-state index in [0.717, 1.165) is 29.9 Å². The van der Waals surface area contributed by atoms with E-state index in [1.165, 1.54) is 41.5 Å². The lowest BCUT2D eigenvalue weighted by Gasteiger charge is -2.41. The summed E-state index contributed by atoms with van der Waals surface area (Å²) in [6, 6.07) is 23.0. The van der Waals surface area contributed by atoms with Crippen molar-refractivity contribution in [3.8, 4) is 11.1 Å². The maximum atomic E-state index is 12.5. The predicted molar refractivity (Wildman–Crippen MR) is 152 cm³/mol. The molecule has 3 aromatic rings. The van der Waals surface area contributed by atoms with Crippen LogP contribution in [0, 0.1) is 13.8 Å². The normalized spacial score (nSPS) is 18.8. The van der Waals surface area contributed by atoms with E-state index in [4.69, 9.17) is 0 Å². The van der Waals surface area contributed by atoms with Crippen molar-refractivity contribution in [2.45, 2.75) is 50.1 Å². The van der Waals surface area contributed by atoms with Crippen molar-refractivity contribution in [1.82, 2.24) is 4.90 Å². The molecule has 3 aromatic carbocycles. The lowest BCUT2D eigenvalue weighted by atomic mass is 9.97. The molecule has 1 saturated heterocycles. The molecule has 34 heavy (non-hydrogen) atoms. The number of aryl methyl sites for hydroxylation is 2. The summed E-state index contributed by atoms with van der Waals surface area (Å²) >= 11 is 2.59. The molecule has 1 heterocycles. The van der Waals surface area contributed by atoms with Crippen molar-refractivity contribution >= 4 is 40.3 Å². The molecule has 1 atom stereocenters. The van der Waals surface area contributed by atoms with Crippen LogP contribution in [0.1, 0.15) is 48.4 Å². The van der Waals surface area contributed by atoms with Crippen LogP contribution >= 0.6 is 22.6 Å². The first-order chi connectivity index (χ1) is 16.3. The molecular formula is C30H33IN2O. The Labute approximate surface area is 217 Å². The Bertz CT molecular complexity index is 1180. The van der Waals surface area contributed by atoms with E-state index < -0.39 is 0 Å². The molecule has 1 amide bonds. The molecule has 0 aliphatic carbocycles. The summed E-state index contributed by atoms with van der Waals surface area (Å²) in [4.78, 5) is 15.1. The Hall–Kier alpha value is -2.44. The molecule has 4 rings (SSSR count). The summed E-state index contributed by atoms with van der Waals surface area (Å²) in [7, 11) is 0. The molecule has 3 nitrogen and oxygen atoms in total. The molecule has 1 aliphatic rings. The molecule has 176 valence electrons. The smallest absolute Gasteiger partial charge is 0.248 e. The minimum absolute atomic E-state index is 0.124. The zero-order valence-electron chi connectivity index (χ0n) is 20.3. The fraction of sp³-hybridized carbons (Fsp3) is 0.300. The number of piperidine rings is 1. The van der Waals surface area contributed by atoms with Crippen molar-refractivity contribution < 1.29 is 4.79 Å². The first-order valence-electron chi connectivity index (χ1n) is 12.0. The second-order valence-corrected chi connectivity index (χ2v) is 11.8. The Morgan fingerprint density at radius 2 is 1.85 bits per heavy atom. The number of benzene rings is 3. The molecule has 0 saturated carbocycles. The number of carbonyl (C=O) groups excluding carboxylic acids is 1. The number of carbonyl (C=O) groups is 1. The van der Waals surface area contributed by atoms with E-state index in [1.807, 2.05) is 30.3 Å². The fourth-order valence-electron chi connectivity index (χ4n) is 4.51. The SMILES string of the molecule is Cc1ccc(C)c(-c2cccc(/C=C/C(=O)Nc3ccc(CN4CCCCC4(C)I)cc3)c2)c1. The lowest BCUT2D eigenvalue weighted by molar-refractivity contribution is -0.111. The van der Waals surface area contributed by atoms with Gasteiger partial charge in [-0.2, -0.15) is 0 Å². The number of rotatable bonds is 6. The van der Waals surface area contributed by atoms with Crippen LogP contribution in [0.3, 0.4) is 0 Å². The quantitative estimate of drug-likeness (QED) is 0.144. The Morgan fingerprint density at radius 1 is 1.06 bits per heavy atom. The number of halogens is 1. The van der Waals surface area contributed by atoms with Gasteiger partial charge in [0, 0.05) is 18.3 Å². The molecule has 1 fully saturated rings. The van der Waals surface area contributed by atoms with Gasteiger partial charge in [-0.05, 0) is 98.7 Å². The van der Waals surface area contributed by atoms with E-state index in [9.17, 15) is 4.79 Å². The summed E-state index contributed by atoms with van der Waals surface area (Å²) in [6.45, 7) is 8.66. The van der Waals surface area contributed by atoms with Gasteiger partial charge in [-0.25, -0.2) is 0 Å². The monoisotopic (exact) mass is 564 g/mol. The summed E-state index contributed by atoms with van der Waals surface area (Å²) < 4.78 is 0.225. The van der Waals surface area contributed by atoms with Crippen LogP contribution in [0.25, 0.3) is 17.2 Å². The van der Waals surface area contributed by atoms with E-state index in [2.05, 4.69) is 96.0 Å². The molecule has 1 aliphatic heterocycles. The maximum Gasteiger partial charge on any atom is 0.248 e. The minimum Gasteiger partial charge on any atom is -0.323 e. The van der Waals surface area contributed by atoms with Crippen LogP contribution in [0.5, 0.6) is 0 Å². The summed E-state index contributed by atoms with van der Waals surface area (Å²) in [5, 5.41) is 2.98. The zero-order chi connectivity index (χ0) is 24.1. The van der Waals surface area contributed by atoms with Gasteiger partial charge in [0.25, 0.3) is 0 Å². The van der Waals surface area contributed by atoms with Gasteiger partial charge < -0.3 is 5.32 Å². The van der Waals surface area contributed by atoms with Crippen LogP contribution in [0.2, 0.25) is 0 Å². The highest BCUT2D eigenvalue weighted by atomic mass is 127. The second-order valence-electron chi connectivity index (χ2n) is 9.48. The largest absolute Gasteiger partial charge is 0.323 e. The second kappa shape index (κ2) is 10.9. The number of likely N-dealkylation sites (tertiary alicyclic amines) is 1. The third kappa shape index (κ3) is 6.36. The molecule has 0 radical (unpaired) electrons. The molecule has 1 N–H and O–H groups in total. The van der Waals surface area contributed by atoms with Crippen LogP contribution in [-0.4, -0.2) is 20.9 Å². The van der Waals surface area contributed by atoms with E-state index >= 15 is 0 Å². The molecule has 1 unspecified atom stereocenters. The molecule has 4 heteroatoms. The van der Waals surface area contributed by atoms with Crippen molar-refractivity contribution in [2.75, 3.05) is 11.9 Å². The number of hydrogen-bond donors (Lipinski definition) is 1. The molecule has 0 spiro atoms. The topological polar surface area (TPSA) is 32.3 Å². The summed E-state index contributed by atoms with van der Waals surface area (Å²) in [6.07, 6.45) is 7.29. The number of hydrogen-bond acceptors (Lipinski definition) is 2. The Balaban J connectivity index is 1.37. The number of nitrogens with zero attached hydrogens (tertiary/aromatic N) is 1. The predicted octanol–water partition coefficient (Wildman–Crippen LogP) is 7.76. The Kier molecular flexibility index (Phi) is 7.89. The number of alkyl halides is 1. The van der Waals surface area contributed by atoms with Crippen LogP contribution in [0.15, 0.2) is 72.8 Å². The Morgan fingerprint density at radius 3 is 2.62 bits per heavy atom. The van der Waals surface area contributed by atoms with Gasteiger partial charge in [-0.15, -0.1) is 0 Å². The number of anilines is 1. The standard InChI is InChI=1S/C30H33IN2O/c1-22-9-10-23(2)28(19-22)26-8-6-7-24(20-26)13-16-29(34)32-27-14-11-25(12-15-27)21-33-18-5-4-17-30(33,3)31/h6-16,19-20H,4-5,17-18,21H2,1-3H3,(H,32,34)/b16-13+. The van der Waals surface area contributed by atoms with Crippen molar-refractivity contribution in [2.24, 2.45) is 0 Å².